The fraction of sp³-hybridized carbons (Fsp3) is 0.333. The lowest BCUT2D eigenvalue weighted by Crippen LogP contribution is -2.00. The van der Waals surface area contributed by atoms with Crippen LogP contribution in [0.25, 0.3) is 10.4 Å². The van der Waals surface area contributed by atoms with Crippen molar-refractivity contribution in [1.29, 1.82) is 0 Å². The van der Waals surface area contributed by atoms with Crippen LogP contribution < -0.4 is 0 Å². The Hall–Kier alpha value is -2.66. The maximum Gasteiger partial charge on any atom is 0.337 e. The number of benzene rings is 2. The van der Waals surface area contributed by atoms with Gasteiger partial charge in [-0.3, -0.25) is 0 Å². The Morgan fingerprint density at radius 1 is 1.10 bits per heavy atom. The van der Waals surface area contributed by atoms with Crippen molar-refractivity contribution in [3.05, 3.63) is 70.2 Å². The lowest BCUT2D eigenvalue weighted by Gasteiger charge is -2.13. The zero-order valence-electron chi connectivity index (χ0n) is 17.3. The third-order valence-electron chi connectivity index (χ3n) is 4.93. The second kappa shape index (κ2) is 9.23. The van der Waals surface area contributed by atoms with Crippen LogP contribution in [0.3, 0.4) is 0 Å². The molecular weight excluding hydrogens is 382 g/mol. The molecule has 152 valence electrons. The molecule has 0 radical (unpaired) electrons. The van der Waals surface area contributed by atoms with Crippen molar-refractivity contribution in [2.24, 2.45) is 5.92 Å². The zero-order chi connectivity index (χ0) is 21.0. The molecule has 0 aliphatic carbocycles. The van der Waals surface area contributed by atoms with Gasteiger partial charge in [0.2, 0.25) is 5.88 Å². The summed E-state index contributed by atoms with van der Waals surface area (Å²) in [5, 5.41) is 11.3. The monoisotopic (exact) mass is 409 g/mol. The smallest absolute Gasteiger partial charge is 0.337 e. The third-order valence-corrected chi connectivity index (χ3v) is 6.13. The Bertz CT molecular complexity index is 959. The minimum absolute atomic E-state index is 0.0331. The van der Waals surface area contributed by atoms with Gasteiger partial charge in [-0.25, -0.2) is 9.78 Å². The van der Waals surface area contributed by atoms with Crippen molar-refractivity contribution >= 4 is 17.3 Å². The van der Waals surface area contributed by atoms with Gasteiger partial charge in [-0.15, -0.1) is 11.3 Å². The summed E-state index contributed by atoms with van der Waals surface area (Å²) in [6.07, 6.45) is 1.97. The molecule has 0 amide bonds. The van der Waals surface area contributed by atoms with Crippen LogP contribution in [0.1, 0.15) is 59.6 Å². The molecule has 1 atom stereocenters. The van der Waals surface area contributed by atoms with Gasteiger partial charge in [0, 0.05) is 5.92 Å². The van der Waals surface area contributed by atoms with Crippen molar-refractivity contribution in [3.63, 3.8) is 0 Å². The van der Waals surface area contributed by atoms with Crippen LogP contribution >= 0.6 is 11.3 Å². The number of carbonyl (C=O) groups excluding carboxylic acids is 1. The first kappa shape index (κ1) is 21.1. The van der Waals surface area contributed by atoms with E-state index < -0.39 is 0 Å². The highest BCUT2D eigenvalue weighted by Gasteiger charge is 2.21. The predicted molar refractivity (Wildman–Crippen MR) is 118 cm³/mol. The second-order valence-corrected chi connectivity index (χ2v) is 8.60. The van der Waals surface area contributed by atoms with E-state index in [1.54, 1.807) is 12.1 Å². The molecule has 4 nitrogen and oxygen atoms in total. The van der Waals surface area contributed by atoms with E-state index in [1.165, 1.54) is 29.6 Å². The van der Waals surface area contributed by atoms with Gasteiger partial charge in [-0.2, -0.15) is 0 Å². The molecule has 0 fully saturated rings. The fourth-order valence-corrected chi connectivity index (χ4v) is 4.63. The summed E-state index contributed by atoms with van der Waals surface area (Å²) < 4.78 is 4.74. The van der Waals surface area contributed by atoms with E-state index in [0.717, 1.165) is 23.4 Å². The number of thiazole rings is 1. The Morgan fingerprint density at radius 2 is 1.76 bits per heavy atom. The molecule has 0 bridgehead atoms. The minimum Gasteiger partial charge on any atom is -0.492 e. The van der Waals surface area contributed by atoms with Gasteiger partial charge in [0.1, 0.15) is 5.01 Å². The van der Waals surface area contributed by atoms with Crippen LogP contribution in [0, 0.1) is 5.92 Å². The van der Waals surface area contributed by atoms with Crippen molar-refractivity contribution in [3.8, 4) is 16.3 Å². The van der Waals surface area contributed by atoms with E-state index in [4.69, 9.17) is 4.74 Å². The molecule has 0 saturated carbocycles. The Labute approximate surface area is 176 Å². The molecule has 1 N–H and O–H groups in total. The van der Waals surface area contributed by atoms with E-state index in [1.807, 2.05) is 12.1 Å². The average Bonchev–Trinajstić information content (AvgIpc) is 3.10. The largest absolute Gasteiger partial charge is 0.492 e. The van der Waals surface area contributed by atoms with Gasteiger partial charge in [0.05, 0.1) is 17.6 Å². The third kappa shape index (κ3) is 4.85. The Kier molecular flexibility index (Phi) is 6.70. The summed E-state index contributed by atoms with van der Waals surface area (Å²) in [7, 11) is 1.36. The highest BCUT2D eigenvalue weighted by Crippen LogP contribution is 2.40. The number of carbonyl (C=O) groups is 1. The molecule has 0 aliphatic rings. The van der Waals surface area contributed by atoms with Crippen molar-refractivity contribution in [1.82, 2.24) is 4.98 Å². The number of ether oxygens (including phenoxy) is 1. The van der Waals surface area contributed by atoms with Gasteiger partial charge < -0.3 is 9.84 Å². The topological polar surface area (TPSA) is 59.4 Å². The highest BCUT2D eigenvalue weighted by molar-refractivity contribution is 7.15. The number of nitrogens with zero attached hydrogens (tertiary/aromatic N) is 1. The normalized spacial score (nSPS) is 12.2. The second-order valence-electron chi connectivity index (χ2n) is 7.57. The number of rotatable bonds is 7. The standard InChI is InChI=1S/C24H27NO3S/c1-5-20(17-8-6-16(7-9-17)14-15(2)3)23-25-22(26)21(29-23)18-10-12-19(13-11-18)24(27)28-4/h6-13,15,20,26H,5,14H2,1-4H3. The van der Waals surface area contributed by atoms with Gasteiger partial charge in [0.15, 0.2) is 0 Å². The molecule has 1 aromatic heterocycles. The van der Waals surface area contributed by atoms with Gasteiger partial charge in [-0.1, -0.05) is 57.2 Å². The quantitative estimate of drug-likeness (QED) is 0.483. The first-order valence-electron chi connectivity index (χ1n) is 9.90. The lowest BCUT2D eigenvalue weighted by molar-refractivity contribution is 0.0601. The van der Waals surface area contributed by atoms with Crippen LogP contribution in [0.15, 0.2) is 48.5 Å². The molecule has 3 rings (SSSR count). The number of aromatic hydroxyl groups is 1. The van der Waals surface area contributed by atoms with E-state index >= 15 is 0 Å². The number of hydrogen-bond acceptors (Lipinski definition) is 5. The molecule has 1 unspecified atom stereocenters. The predicted octanol–water partition coefficient (Wildman–Crippen LogP) is 6.04. The summed E-state index contributed by atoms with van der Waals surface area (Å²) in [5.41, 5.74) is 3.86. The van der Waals surface area contributed by atoms with Crippen LogP contribution in [-0.4, -0.2) is 23.2 Å². The minimum atomic E-state index is -0.377. The summed E-state index contributed by atoms with van der Waals surface area (Å²) in [6.45, 7) is 6.58. The average molecular weight is 410 g/mol. The van der Waals surface area contributed by atoms with E-state index in [-0.39, 0.29) is 17.8 Å². The van der Waals surface area contributed by atoms with Gasteiger partial charge in [0.25, 0.3) is 0 Å². The van der Waals surface area contributed by atoms with Crippen molar-refractivity contribution in [2.75, 3.05) is 7.11 Å². The number of methoxy groups -OCH3 is 1. The summed E-state index contributed by atoms with van der Waals surface area (Å²) >= 11 is 1.50. The van der Waals surface area contributed by atoms with Crippen LogP contribution in [0.5, 0.6) is 5.88 Å². The van der Waals surface area contributed by atoms with E-state index in [0.29, 0.717) is 16.4 Å². The van der Waals surface area contributed by atoms with Crippen LogP contribution in [0.4, 0.5) is 0 Å². The summed E-state index contributed by atoms with van der Waals surface area (Å²) in [6, 6.07) is 15.8. The molecular formula is C24H27NO3S. The van der Waals surface area contributed by atoms with Gasteiger partial charge >= 0.3 is 5.97 Å². The first-order valence-corrected chi connectivity index (χ1v) is 10.7. The Balaban J connectivity index is 1.86. The molecule has 3 aromatic rings. The number of aromatic nitrogens is 1. The number of esters is 1. The molecule has 0 spiro atoms. The highest BCUT2D eigenvalue weighted by atomic mass is 32.1. The maximum atomic E-state index is 11.6. The van der Waals surface area contributed by atoms with Crippen LogP contribution in [0.2, 0.25) is 0 Å². The summed E-state index contributed by atoms with van der Waals surface area (Å²) in [5.74, 6) is 0.428. The van der Waals surface area contributed by atoms with Crippen LogP contribution in [-0.2, 0) is 11.2 Å². The Morgan fingerprint density at radius 3 is 2.31 bits per heavy atom. The molecule has 0 saturated heterocycles. The van der Waals surface area contributed by atoms with E-state index in [9.17, 15) is 9.90 Å². The zero-order valence-corrected chi connectivity index (χ0v) is 18.1. The summed E-state index contributed by atoms with van der Waals surface area (Å²) in [4.78, 5) is 16.8. The fourth-order valence-electron chi connectivity index (χ4n) is 3.45. The molecule has 1 heterocycles. The molecule has 2 aromatic carbocycles. The molecule has 29 heavy (non-hydrogen) atoms. The number of hydrogen-bond donors (Lipinski definition) is 1. The lowest BCUT2D eigenvalue weighted by atomic mass is 9.94. The first-order chi connectivity index (χ1) is 13.9. The van der Waals surface area contributed by atoms with Gasteiger partial charge in [-0.05, 0) is 47.6 Å². The van der Waals surface area contributed by atoms with Crippen molar-refractivity contribution in [2.45, 2.75) is 39.5 Å². The molecule has 5 heteroatoms. The SMILES string of the molecule is CCC(c1ccc(CC(C)C)cc1)c1nc(O)c(-c2ccc(C(=O)OC)cc2)s1. The molecule has 0 aliphatic heterocycles. The maximum absolute atomic E-state index is 11.6. The van der Waals surface area contributed by atoms with Crippen molar-refractivity contribution < 1.29 is 14.6 Å². The van der Waals surface area contributed by atoms with E-state index in [2.05, 4.69) is 50.0 Å².